The zero-order valence-corrected chi connectivity index (χ0v) is 12.8. The highest BCUT2D eigenvalue weighted by Crippen LogP contribution is 2.33. The van der Waals surface area contributed by atoms with Crippen molar-refractivity contribution in [2.75, 3.05) is 19.4 Å². The lowest BCUT2D eigenvalue weighted by atomic mass is 10.2. The van der Waals surface area contributed by atoms with Crippen molar-refractivity contribution < 1.29 is 13.2 Å². The normalized spacial score (nSPS) is 15.3. The van der Waals surface area contributed by atoms with Crippen molar-refractivity contribution in [3.63, 3.8) is 0 Å². The summed E-state index contributed by atoms with van der Waals surface area (Å²) in [6, 6.07) is 3.10. The summed E-state index contributed by atoms with van der Waals surface area (Å²) in [5.74, 6) is 1.13. The number of ether oxygens (including phenoxy) is 1. The number of nitrogens with one attached hydrogen (secondary N) is 1. The predicted octanol–water partition coefficient (Wildman–Crippen LogP) is 2.05. The van der Waals surface area contributed by atoms with Crippen LogP contribution in [-0.2, 0) is 10.0 Å². The molecular weight excluding hydrogens is 276 g/mol. The minimum atomic E-state index is -3.57. The Balaban J connectivity index is 2.08. The lowest BCUT2D eigenvalue weighted by Crippen LogP contribution is -2.25. The van der Waals surface area contributed by atoms with Crippen LogP contribution in [0.2, 0.25) is 0 Å². The smallest absolute Gasteiger partial charge is 0.244 e. The van der Waals surface area contributed by atoms with E-state index in [1.165, 1.54) is 26.0 Å². The van der Waals surface area contributed by atoms with Crippen LogP contribution < -0.4 is 15.2 Å². The number of nitrogens with two attached hydrogens (primary N) is 1. The van der Waals surface area contributed by atoms with Gasteiger partial charge in [0.05, 0.1) is 7.11 Å². The Morgan fingerprint density at radius 2 is 2.10 bits per heavy atom. The molecule has 0 unspecified atom stereocenters. The number of hydrogen-bond donors (Lipinski definition) is 2. The number of benzene rings is 1. The number of anilines is 1. The Bertz CT molecular complexity index is 580. The van der Waals surface area contributed by atoms with Gasteiger partial charge in [0.25, 0.3) is 0 Å². The second-order valence-electron chi connectivity index (χ2n) is 5.34. The first-order chi connectivity index (χ1) is 9.44. The molecule has 20 heavy (non-hydrogen) atoms. The zero-order valence-electron chi connectivity index (χ0n) is 12.0. The van der Waals surface area contributed by atoms with E-state index in [9.17, 15) is 8.42 Å². The first-order valence-corrected chi connectivity index (χ1v) is 8.36. The van der Waals surface area contributed by atoms with Gasteiger partial charge in [-0.25, -0.2) is 13.1 Å². The maximum Gasteiger partial charge on any atom is 0.244 e. The molecule has 6 heteroatoms. The average Bonchev–Trinajstić information content (AvgIpc) is 3.21. The molecule has 0 aliphatic heterocycles. The van der Waals surface area contributed by atoms with E-state index >= 15 is 0 Å². The quantitative estimate of drug-likeness (QED) is 0.596. The highest BCUT2D eigenvalue weighted by Gasteiger charge is 2.22. The van der Waals surface area contributed by atoms with E-state index < -0.39 is 10.0 Å². The molecule has 0 saturated heterocycles. The fourth-order valence-corrected chi connectivity index (χ4v) is 3.39. The molecule has 0 radical (unpaired) electrons. The van der Waals surface area contributed by atoms with Crippen molar-refractivity contribution in [1.82, 2.24) is 4.72 Å². The molecule has 3 N–H and O–H groups in total. The molecule has 0 atom stereocenters. The van der Waals surface area contributed by atoms with Gasteiger partial charge < -0.3 is 10.5 Å². The number of hydrogen-bond acceptors (Lipinski definition) is 4. The van der Waals surface area contributed by atoms with Crippen LogP contribution in [0.25, 0.3) is 0 Å². The van der Waals surface area contributed by atoms with Gasteiger partial charge in [0.15, 0.2) is 0 Å². The van der Waals surface area contributed by atoms with Crippen molar-refractivity contribution in [3.05, 3.63) is 17.7 Å². The van der Waals surface area contributed by atoms with Gasteiger partial charge in [0, 0.05) is 12.2 Å². The Kier molecular flexibility index (Phi) is 4.55. The summed E-state index contributed by atoms with van der Waals surface area (Å²) in [4.78, 5) is 0.106. The Morgan fingerprint density at radius 3 is 2.70 bits per heavy atom. The molecule has 1 aliphatic carbocycles. The van der Waals surface area contributed by atoms with E-state index in [4.69, 9.17) is 10.5 Å². The van der Waals surface area contributed by atoms with Crippen LogP contribution in [0.15, 0.2) is 17.0 Å². The maximum absolute atomic E-state index is 12.3. The third-order valence-corrected chi connectivity index (χ3v) is 5.10. The van der Waals surface area contributed by atoms with Crippen molar-refractivity contribution >= 4 is 15.7 Å². The van der Waals surface area contributed by atoms with E-state index in [1.807, 2.05) is 6.92 Å². The minimum Gasteiger partial charge on any atom is -0.495 e. The topological polar surface area (TPSA) is 81.4 Å². The van der Waals surface area contributed by atoms with Crippen LogP contribution in [0.5, 0.6) is 5.75 Å². The molecule has 1 aliphatic rings. The first kappa shape index (κ1) is 15.1. The van der Waals surface area contributed by atoms with E-state index in [0.717, 1.165) is 24.3 Å². The lowest BCUT2D eigenvalue weighted by Gasteiger charge is -2.13. The van der Waals surface area contributed by atoms with Crippen LogP contribution in [0.1, 0.15) is 31.2 Å². The summed E-state index contributed by atoms with van der Waals surface area (Å²) in [5.41, 5.74) is 7.04. The number of sulfonamides is 1. The van der Waals surface area contributed by atoms with E-state index in [1.54, 1.807) is 6.07 Å². The molecular formula is C14H22N2O3S. The van der Waals surface area contributed by atoms with Crippen molar-refractivity contribution in [2.45, 2.75) is 37.5 Å². The number of aryl methyl sites for hydroxylation is 1. The maximum atomic E-state index is 12.3. The highest BCUT2D eigenvalue weighted by atomic mass is 32.2. The second kappa shape index (κ2) is 6.01. The van der Waals surface area contributed by atoms with Crippen LogP contribution in [0.4, 0.5) is 5.69 Å². The zero-order chi connectivity index (χ0) is 14.8. The summed E-state index contributed by atoms with van der Waals surface area (Å²) in [6.07, 6.45) is 4.54. The van der Waals surface area contributed by atoms with E-state index in [0.29, 0.717) is 18.0 Å². The summed E-state index contributed by atoms with van der Waals surface area (Å²) >= 11 is 0. The molecule has 0 heterocycles. The monoisotopic (exact) mass is 298 g/mol. The molecule has 1 aromatic carbocycles. The van der Waals surface area contributed by atoms with Crippen LogP contribution in [0.3, 0.4) is 0 Å². The first-order valence-electron chi connectivity index (χ1n) is 6.88. The molecule has 2 rings (SSSR count). The fourth-order valence-electron chi connectivity index (χ4n) is 2.13. The van der Waals surface area contributed by atoms with Crippen molar-refractivity contribution in [3.8, 4) is 5.75 Å². The summed E-state index contributed by atoms with van der Waals surface area (Å²) in [6.45, 7) is 2.27. The molecule has 0 spiro atoms. The molecule has 1 saturated carbocycles. The number of rotatable bonds is 7. The molecule has 1 fully saturated rings. The van der Waals surface area contributed by atoms with E-state index in [2.05, 4.69) is 4.72 Å². The largest absolute Gasteiger partial charge is 0.495 e. The third-order valence-electron chi connectivity index (χ3n) is 3.62. The van der Waals surface area contributed by atoms with Gasteiger partial charge in [-0.15, -0.1) is 0 Å². The summed E-state index contributed by atoms with van der Waals surface area (Å²) < 4.78 is 32.3. The second-order valence-corrected chi connectivity index (χ2v) is 7.08. The van der Waals surface area contributed by atoms with Crippen molar-refractivity contribution in [2.24, 2.45) is 5.92 Å². The number of nitrogen functional groups attached to an aromatic ring is 1. The van der Waals surface area contributed by atoms with Gasteiger partial charge in [-0.1, -0.05) is 12.8 Å². The van der Waals surface area contributed by atoms with E-state index in [-0.39, 0.29) is 4.90 Å². The Hall–Kier alpha value is -1.27. The average molecular weight is 298 g/mol. The molecule has 0 amide bonds. The van der Waals surface area contributed by atoms with Crippen LogP contribution >= 0.6 is 0 Å². The Labute approximate surface area is 120 Å². The van der Waals surface area contributed by atoms with Gasteiger partial charge in [-0.3, -0.25) is 0 Å². The van der Waals surface area contributed by atoms with Gasteiger partial charge in [0.1, 0.15) is 10.6 Å². The van der Waals surface area contributed by atoms with Gasteiger partial charge in [-0.05, 0) is 43.4 Å². The van der Waals surface area contributed by atoms with Crippen LogP contribution in [-0.4, -0.2) is 22.1 Å². The fraction of sp³-hybridized carbons (Fsp3) is 0.571. The summed E-state index contributed by atoms with van der Waals surface area (Å²) in [7, 11) is -2.12. The van der Waals surface area contributed by atoms with Crippen LogP contribution in [0, 0.1) is 12.8 Å². The molecule has 0 aromatic heterocycles. The minimum absolute atomic E-state index is 0.106. The lowest BCUT2D eigenvalue weighted by molar-refractivity contribution is 0.402. The van der Waals surface area contributed by atoms with Gasteiger partial charge >= 0.3 is 0 Å². The molecule has 0 bridgehead atoms. The molecule has 112 valence electrons. The highest BCUT2D eigenvalue weighted by molar-refractivity contribution is 7.89. The molecule has 5 nitrogen and oxygen atoms in total. The van der Waals surface area contributed by atoms with Gasteiger partial charge in [0.2, 0.25) is 10.0 Å². The standard InChI is InChI=1S/C14H22N2O3S/c1-10-8-13(19-2)14(9-12(10)15)20(17,18)16-7-3-4-11-5-6-11/h8-9,11,16H,3-7,15H2,1-2H3. The SMILES string of the molecule is COc1cc(C)c(N)cc1S(=O)(=O)NCCCC1CC1. The Morgan fingerprint density at radius 1 is 1.40 bits per heavy atom. The van der Waals surface area contributed by atoms with Gasteiger partial charge in [-0.2, -0.15) is 0 Å². The number of methoxy groups -OCH3 is 1. The summed E-state index contributed by atoms with van der Waals surface area (Å²) in [5, 5.41) is 0. The predicted molar refractivity (Wildman–Crippen MR) is 79.3 cm³/mol. The van der Waals surface area contributed by atoms with Crippen molar-refractivity contribution in [1.29, 1.82) is 0 Å². The third kappa shape index (κ3) is 3.64. The molecule has 1 aromatic rings.